The van der Waals surface area contributed by atoms with Crippen LogP contribution in [0.1, 0.15) is 18.1 Å². The van der Waals surface area contributed by atoms with E-state index in [0.717, 1.165) is 16.8 Å². The van der Waals surface area contributed by atoms with E-state index in [1.54, 1.807) is 11.0 Å². The van der Waals surface area contributed by atoms with E-state index in [1.807, 2.05) is 49.4 Å². The van der Waals surface area contributed by atoms with Crippen LogP contribution in [0.25, 0.3) is 0 Å². The van der Waals surface area contributed by atoms with Crippen LogP contribution in [0.15, 0.2) is 48.5 Å². The van der Waals surface area contributed by atoms with Gasteiger partial charge in [-0.15, -0.1) is 0 Å². The zero-order valence-electron chi connectivity index (χ0n) is 13.9. The molecule has 0 aliphatic carbocycles. The molecule has 0 saturated carbocycles. The summed E-state index contributed by atoms with van der Waals surface area (Å²) in [6.07, 6.45) is 0.334. The third-order valence-corrected chi connectivity index (χ3v) is 3.93. The van der Waals surface area contributed by atoms with Crippen molar-refractivity contribution < 1.29 is 9.59 Å². The van der Waals surface area contributed by atoms with Gasteiger partial charge in [-0.25, -0.2) is 0 Å². The molecule has 0 aliphatic rings. The average Bonchev–Trinajstić information content (AvgIpc) is 2.53. The Kier molecular flexibility index (Phi) is 6.38. The Balaban J connectivity index is 1.92. The van der Waals surface area contributed by atoms with E-state index >= 15 is 0 Å². The first-order valence-corrected chi connectivity index (χ1v) is 8.20. The van der Waals surface area contributed by atoms with Crippen molar-refractivity contribution in [3.63, 3.8) is 0 Å². The van der Waals surface area contributed by atoms with Gasteiger partial charge < -0.3 is 10.2 Å². The smallest absolute Gasteiger partial charge is 0.224 e. The first-order chi connectivity index (χ1) is 11.5. The lowest BCUT2D eigenvalue weighted by molar-refractivity contribution is -0.121. The molecule has 24 heavy (non-hydrogen) atoms. The molecule has 0 atom stereocenters. The lowest BCUT2D eigenvalue weighted by Crippen LogP contribution is -2.38. The molecular weight excluding hydrogens is 324 g/mol. The number of hydrogen-bond acceptors (Lipinski definition) is 2. The Morgan fingerprint density at radius 3 is 2.46 bits per heavy atom. The lowest BCUT2D eigenvalue weighted by atomic mass is 10.1. The summed E-state index contributed by atoms with van der Waals surface area (Å²) >= 11 is 5.96. The molecule has 4 nitrogen and oxygen atoms in total. The first-order valence-electron chi connectivity index (χ1n) is 7.82. The summed E-state index contributed by atoms with van der Waals surface area (Å²) in [4.78, 5) is 25.6. The Hall–Kier alpha value is -2.33. The van der Waals surface area contributed by atoms with Gasteiger partial charge in [0.1, 0.15) is 0 Å². The maximum Gasteiger partial charge on any atom is 0.224 e. The molecule has 0 fully saturated rings. The van der Waals surface area contributed by atoms with Gasteiger partial charge in [-0.1, -0.05) is 41.9 Å². The van der Waals surface area contributed by atoms with Gasteiger partial charge in [0.2, 0.25) is 11.8 Å². The monoisotopic (exact) mass is 344 g/mol. The van der Waals surface area contributed by atoms with Crippen LogP contribution >= 0.6 is 11.6 Å². The number of hydrogen-bond donors (Lipinski definition) is 1. The average molecular weight is 345 g/mol. The quantitative estimate of drug-likeness (QED) is 0.873. The highest BCUT2D eigenvalue weighted by molar-refractivity contribution is 6.30. The third kappa shape index (κ3) is 5.10. The number of amides is 2. The molecule has 0 saturated heterocycles. The summed E-state index contributed by atoms with van der Waals surface area (Å²) in [5, 5.41) is 3.49. The summed E-state index contributed by atoms with van der Waals surface area (Å²) in [6, 6.07) is 15.0. The summed E-state index contributed by atoms with van der Waals surface area (Å²) in [5.74, 6) is -0.129. The second-order valence-corrected chi connectivity index (χ2v) is 6.05. The van der Waals surface area contributed by atoms with E-state index in [-0.39, 0.29) is 11.8 Å². The fourth-order valence-electron chi connectivity index (χ4n) is 2.52. The van der Waals surface area contributed by atoms with Crippen LogP contribution < -0.4 is 10.2 Å². The number of nitrogens with zero attached hydrogens (tertiary/aromatic N) is 1. The van der Waals surface area contributed by atoms with Gasteiger partial charge in [-0.3, -0.25) is 9.59 Å². The molecular formula is C19H21ClN2O2. The number of anilines is 1. The Morgan fingerprint density at radius 1 is 1.12 bits per heavy atom. The van der Waals surface area contributed by atoms with Gasteiger partial charge in [0.25, 0.3) is 0 Å². The second-order valence-electron chi connectivity index (χ2n) is 5.61. The van der Waals surface area contributed by atoms with Crippen molar-refractivity contribution in [1.29, 1.82) is 0 Å². The van der Waals surface area contributed by atoms with Crippen LogP contribution in [0.5, 0.6) is 0 Å². The van der Waals surface area contributed by atoms with Crippen molar-refractivity contribution >= 4 is 29.1 Å². The molecule has 0 aliphatic heterocycles. The van der Waals surface area contributed by atoms with Gasteiger partial charge >= 0.3 is 0 Å². The Labute approximate surface area is 147 Å². The van der Waals surface area contributed by atoms with Gasteiger partial charge in [0.05, 0.1) is 6.42 Å². The summed E-state index contributed by atoms with van der Waals surface area (Å²) in [5.41, 5.74) is 2.70. The number of benzene rings is 2. The topological polar surface area (TPSA) is 49.4 Å². The zero-order chi connectivity index (χ0) is 17.5. The van der Waals surface area contributed by atoms with Crippen LogP contribution in [-0.4, -0.2) is 24.9 Å². The van der Waals surface area contributed by atoms with Crippen LogP contribution in [0.2, 0.25) is 5.02 Å². The summed E-state index contributed by atoms with van der Waals surface area (Å²) in [7, 11) is 0. The molecule has 5 heteroatoms. The van der Waals surface area contributed by atoms with Gasteiger partial charge in [0.15, 0.2) is 0 Å². The molecule has 2 aromatic rings. The normalized spacial score (nSPS) is 10.3. The van der Waals surface area contributed by atoms with E-state index < -0.39 is 0 Å². The third-order valence-electron chi connectivity index (χ3n) is 3.69. The number of halogens is 1. The van der Waals surface area contributed by atoms with E-state index in [4.69, 9.17) is 11.6 Å². The predicted molar refractivity (Wildman–Crippen MR) is 97.4 cm³/mol. The van der Waals surface area contributed by atoms with Crippen molar-refractivity contribution in [2.45, 2.75) is 20.3 Å². The molecule has 0 bridgehead atoms. The van der Waals surface area contributed by atoms with Crippen molar-refractivity contribution in [1.82, 2.24) is 5.32 Å². The molecule has 2 rings (SSSR count). The minimum absolute atomic E-state index is 0.0578. The maximum atomic E-state index is 12.0. The SMILES string of the molecule is CC(=O)N(CCNC(=O)Cc1ccccc1)c1ccc(Cl)cc1C. The van der Waals surface area contributed by atoms with Crippen LogP contribution in [-0.2, 0) is 16.0 Å². The first kappa shape index (κ1) is 18.0. The van der Waals surface area contributed by atoms with E-state index in [1.165, 1.54) is 6.92 Å². The van der Waals surface area contributed by atoms with Crippen molar-refractivity contribution in [2.75, 3.05) is 18.0 Å². The van der Waals surface area contributed by atoms with Crippen LogP contribution in [0.3, 0.4) is 0 Å². The van der Waals surface area contributed by atoms with Crippen molar-refractivity contribution in [3.8, 4) is 0 Å². The highest BCUT2D eigenvalue weighted by atomic mass is 35.5. The number of carbonyl (C=O) groups is 2. The second kappa shape index (κ2) is 8.50. The number of nitrogens with one attached hydrogen (secondary N) is 1. The van der Waals surface area contributed by atoms with Crippen LogP contribution in [0.4, 0.5) is 5.69 Å². The van der Waals surface area contributed by atoms with E-state index in [0.29, 0.717) is 24.5 Å². The molecule has 0 spiro atoms. The van der Waals surface area contributed by atoms with Gasteiger partial charge in [-0.05, 0) is 36.2 Å². The summed E-state index contributed by atoms with van der Waals surface area (Å²) in [6.45, 7) is 4.23. The van der Waals surface area contributed by atoms with Gasteiger partial charge in [-0.2, -0.15) is 0 Å². The zero-order valence-corrected chi connectivity index (χ0v) is 14.6. The molecule has 0 radical (unpaired) electrons. The van der Waals surface area contributed by atoms with E-state index in [2.05, 4.69) is 5.32 Å². The number of aryl methyl sites for hydroxylation is 1. The standard InChI is InChI=1S/C19H21ClN2O2/c1-14-12-17(20)8-9-18(14)22(15(2)23)11-10-21-19(24)13-16-6-4-3-5-7-16/h3-9,12H,10-11,13H2,1-2H3,(H,21,24). The molecule has 0 unspecified atom stereocenters. The minimum Gasteiger partial charge on any atom is -0.354 e. The van der Waals surface area contributed by atoms with Gasteiger partial charge in [0, 0.05) is 30.7 Å². The molecule has 0 aromatic heterocycles. The fourth-order valence-corrected chi connectivity index (χ4v) is 2.75. The van der Waals surface area contributed by atoms with Crippen molar-refractivity contribution in [2.24, 2.45) is 0 Å². The lowest BCUT2D eigenvalue weighted by Gasteiger charge is -2.23. The minimum atomic E-state index is -0.0715. The molecule has 2 aromatic carbocycles. The largest absolute Gasteiger partial charge is 0.354 e. The number of carbonyl (C=O) groups excluding carboxylic acids is 2. The maximum absolute atomic E-state index is 12.0. The molecule has 126 valence electrons. The molecule has 1 N–H and O–H groups in total. The summed E-state index contributed by atoms with van der Waals surface area (Å²) < 4.78 is 0. The molecule has 0 heterocycles. The van der Waals surface area contributed by atoms with Crippen molar-refractivity contribution in [3.05, 3.63) is 64.7 Å². The number of rotatable bonds is 6. The fraction of sp³-hybridized carbons (Fsp3) is 0.263. The van der Waals surface area contributed by atoms with E-state index in [9.17, 15) is 9.59 Å². The Bertz CT molecular complexity index is 717. The Morgan fingerprint density at radius 2 is 1.83 bits per heavy atom. The highest BCUT2D eigenvalue weighted by Crippen LogP contribution is 2.23. The molecule has 2 amide bonds. The highest BCUT2D eigenvalue weighted by Gasteiger charge is 2.14. The predicted octanol–water partition coefficient (Wildman–Crippen LogP) is 3.36. The van der Waals surface area contributed by atoms with Crippen LogP contribution in [0, 0.1) is 6.92 Å².